The summed E-state index contributed by atoms with van der Waals surface area (Å²) in [7, 11) is 0. The first kappa shape index (κ1) is 12.0. The first-order valence-corrected chi connectivity index (χ1v) is 4.46. The highest BCUT2D eigenvalue weighted by atomic mass is 17.1. The van der Waals surface area contributed by atoms with E-state index in [1.165, 1.54) is 6.07 Å². The minimum atomic E-state index is -1.09. The topological polar surface area (TPSA) is 93.1 Å². The van der Waals surface area contributed by atoms with Crippen molar-refractivity contribution in [2.24, 2.45) is 0 Å². The Kier molecular flexibility index (Phi) is 3.84. The van der Waals surface area contributed by atoms with Gasteiger partial charge in [0.1, 0.15) is 5.75 Å². The average molecular weight is 226 g/mol. The summed E-state index contributed by atoms with van der Waals surface area (Å²) < 4.78 is 4.68. The summed E-state index contributed by atoms with van der Waals surface area (Å²) in [5.74, 6) is -2.07. The highest BCUT2D eigenvalue weighted by molar-refractivity contribution is 6.03. The fourth-order valence-electron chi connectivity index (χ4n) is 1.14. The molecule has 2 N–H and O–H groups in total. The second kappa shape index (κ2) is 5.13. The summed E-state index contributed by atoms with van der Waals surface area (Å²) in [4.78, 5) is 26.0. The average Bonchev–Trinajstić information content (AvgIpc) is 2.28. The second-order valence-corrected chi connectivity index (χ2v) is 2.83. The van der Waals surface area contributed by atoms with Crippen LogP contribution in [0.4, 0.5) is 0 Å². The lowest BCUT2D eigenvalue weighted by atomic mass is 10.1. The van der Waals surface area contributed by atoms with Crippen LogP contribution in [0.2, 0.25) is 0 Å². The van der Waals surface area contributed by atoms with Crippen molar-refractivity contribution in [1.29, 1.82) is 0 Å². The van der Waals surface area contributed by atoms with E-state index in [4.69, 9.17) is 5.26 Å². The molecule has 1 aromatic rings. The van der Waals surface area contributed by atoms with E-state index in [9.17, 15) is 14.7 Å². The number of carbonyl (C=O) groups excluding carboxylic acids is 2. The number of esters is 1. The zero-order valence-corrected chi connectivity index (χ0v) is 8.47. The molecule has 1 aromatic carbocycles. The van der Waals surface area contributed by atoms with Crippen molar-refractivity contribution in [2.75, 3.05) is 6.61 Å². The predicted octanol–water partition coefficient (Wildman–Crippen LogP) is 1.20. The Morgan fingerprint density at radius 2 is 1.94 bits per heavy atom. The lowest BCUT2D eigenvalue weighted by molar-refractivity contribution is -0.182. The van der Waals surface area contributed by atoms with Gasteiger partial charge >= 0.3 is 11.9 Å². The standard InChI is InChI=1S/C10H10O6/c1-2-15-9(12)8-5-6(11)3-4-7(8)10(13)16-14/h3-5,11,14H,2H2,1H3. The van der Waals surface area contributed by atoms with Crippen molar-refractivity contribution in [3.05, 3.63) is 29.3 Å². The number of hydrogen-bond acceptors (Lipinski definition) is 6. The smallest absolute Gasteiger partial charge is 0.373 e. The van der Waals surface area contributed by atoms with E-state index in [1.807, 2.05) is 0 Å². The fourth-order valence-corrected chi connectivity index (χ4v) is 1.14. The largest absolute Gasteiger partial charge is 0.508 e. The first-order chi connectivity index (χ1) is 7.60. The monoisotopic (exact) mass is 226 g/mol. The molecule has 0 aliphatic rings. The lowest BCUT2D eigenvalue weighted by Gasteiger charge is -2.06. The maximum Gasteiger partial charge on any atom is 0.373 e. The zero-order valence-electron chi connectivity index (χ0n) is 8.47. The summed E-state index contributed by atoms with van der Waals surface area (Å²) in [6, 6.07) is 3.40. The third kappa shape index (κ3) is 2.48. The Balaban J connectivity index is 3.17. The molecule has 0 aromatic heterocycles. The Labute approximate surface area is 91.0 Å². The van der Waals surface area contributed by atoms with E-state index < -0.39 is 11.9 Å². The molecule has 0 radical (unpaired) electrons. The van der Waals surface area contributed by atoms with Gasteiger partial charge in [0.25, 0.3) is 0 Å². The molecular formula is C10H10O6. The van der Waals surface area contributed by atoms with Crippen molar-refractivity contribution in [3.63, 3.8) is 0 Å². The number of phenolic OH excluding ortho intramolecular Hbond substituents is 1. The molecule has 0 bridgehead atoms. The molecule has 86 valence electrons. The van der Waals surface area contributed by atoms with Gasteiger partial charge in [-0.15, -0.1) is 0 Å². The number of carbonyl (C=O) groups is 2. The molecule has 0 heterocycles. The Bertz CT molecular complexity index is 412. The minimum Gasteiger partial charge on any atom is -0.508 e. The van der Waals surface area contributed by atoms with E-state index in [1.54, 1.807) is 6.92 Å². The van der Waals surface area contributed by atoms with Gasteiger partial charge in [0.2, 0.25) is 0 Å². The van der Waals surface area contributed by atoms with Crippen LogP contribution in [0.3, 0.4) is 0 Å². The minimum absolute atomic E-state index is 0.127. The Hall–Kier alpha value is -2.08. The molecular weight excluding hydrogens is 216 g/mol. The van der Waals surface area contributed by atoms with Crippen LogP contribution in [0.1, 0.15) is 27.6 Å². The Morgan fingerprint density at radius 3 is 2.50 bits per heavy atom. The van der Waals surface area contributed by atoms with Crippen LogP contribution in [0.15, 0.2) is 18.2 Å². The molecule has 1 rings (SSSR count). The fraction of sp³-hybridized carbons (Fsp3) is 0.200. The van der Waals surface area contributed by atoms with Crippen molar-refractivity contribution in [3.8, 4) is 5.75 Å². The van der Waals surface area contributed by atoms with Crippen LogP contribution in [0, 0.1) is 0 Å². The molecule has 0 amide bonds. The van der Waals surface area contributed by atoms with Gasteiger partial charge < -0.3 is 9.84 Å². The molecule has 16 heavy (non-hydrogen) atoms. The molecule has 6 heteroatoms. The highest BCUT2D eigenvalue weighted by Gasteiger charge is 2.20. The van der Waals surface area contributed by atoms with Crippen LogP contribution < -0.4 is 0 Å². The number of ether oxygens (including phenoxy) is 1. The van der Waals surface area contributed by atoms with E-state index in [0.29, 0.717) is 0 Å². The molecule has 0 saturated heterocycles. The zero-order chi connectivity index (χ0) is 12.1. The van der Waals surface area contributed by atoms with Gasteiger partial charge in [-0.25, -0.2) is 9.59 Å². The Morgan fingerprint density at radius 1 is 1.25 bits per heavy atom. The van der Waals surface area contributed by atoms with Gasteiger partial charge in [0.05, 0.1) is 17.7 Å². The maximum atomic E-state index is 11.4. The van der Waals surface area contributed by atoms with Gasteiger partial charge in [-0.1, -0.05) is 0 Å². The number of rotatable bonds is 3. The summed E-state index contributed by atoms with van der Waals surface area (Å²) in [6.45, 7) is 1.73. The van der Waals surface area contributed by atoms with Crippen molar-refractivity contribution >= 4 is 11.9 Å². The molecule has 0 atom stereocenters. The summed E-state index contributed by atoms with van der Waals surface area (Å²) in [6.07, 6.45) is 0. The van der Waals surface area contributed by atoms with Gasteiger partial charge in [-0.2, -0.15) is 5.26 Å². The number of hydrogen-bond donors (Lipinski definition) is 2. The normalized spacial score (nSPS) is 9.62. The summed E-state index contributed by atoms with van der Waals surface area (Å²) in [5, 5.41) is 17.4. The maximum absolute atomic E-state index is 11.4. The van der Waals surface area contributed by atoms with Gasteiger partial charge in [-0.05, 0) is 25.1 Å². The highest BCUT2D eigenvalue weighted by Crippen LogP contribution is 2.18. The van der Waals surface area contributed by atoms with E-state index >= 15 is 0 Å². The molecule has 0 spiro atoms. The predicted molar refractivity (Wildman–Crippen MR) is 52.1 cm³/mol. The van der Waals surface area contributed by atoms with E-state index in [2.05, 4.69) is 9.62 Å². The second-order valence-electron chi connectivity index (χ2n) is 2.83. The van der Waals surface area contributed by atoms with Crippen molar-refractivity contribution in [2.45, 2.75) is 6.92 Å². The molecule has 0 fully saturated rings. The molecule has 6 nitrogen and oxygen atoms in total. The number of aromatic hydroxyl groups is 1. The molecule has 0 aliphatic carbocycles. The van der Waals surface area contributed by atoms with Crippen molar-refractivity contribution in [1.82, 2.24) is 0 Å². The van der Waals surface area contributed by atoms with Gasteiger partial charge in [0.15, 0.2) is 0 Å². The summed E-state index contributed by atoms with van der Waals surface area (Å²) in [5.41, 5.74) is -0.348. The van der Waals surface area contributed by atoms with E-state index in [0.717, 1.165) is 12.1 Å². The molecule has 0 aliphatic heterocycles. The number of phenols is 1. The molecule has 0 unspecified atom stereocenters. The quantitative estimate of drug-likeness (QED) is 0.457. The lowest BCUT2D eigenvalue weighted by Crippen LogP contribution is -2.12. The van der Waals surface area contributed by atoms with Crippen LogP contribution >= 0.6 is 0 Å². The van der Waals surface area contributed by atoms with Crippen molar-refractivity contribution < 1.29 is 29.6 Å². The van der Waals surface area contributed by atoms with E-state index in [-0.39, 0.29) is 23.5 Å². The van der Waals surface area contributed by atoms with Crippen LogP contribution in [-0.4, -0.2) is 28.9 Å². The van der Waals surface area contributed by atoms with Crippen LogP contribution in [0.5, 0.6) is 5.75 Å². The first-order valence-electron chi connectivity index (χ1n) is 4.46. The van der Waals surface area contributed by atoms with Gasteiger partial charge in [0, 0.05) is 0 Å². The van der Waals surface area contributed by atoms with Gasteiger partial charge in [-0.3, -0.25) is 4.89 Å². The third-order valence-corrected chi connectivity index (χ3v) is 1.80. The number of benzene rings is 1. The van der Waals surface area contributed by atoms with Crippen LogP contribution in [-0.2, 0) is 9.62 Å². The summed E-state index contributed by atoms with van der Waals surface area (Å²) >= 11 is 0. The third-order valence-electron chi connectivity index (χ3n) is 1.80. The SMILES string of the molecule is CCOC(=O)c1cc(O)ccc1C(=O)OO. The van der Waals surface area contributed by atoms with Crippen LogP contribution in [0.25, 0.3) is 0 Å². The molecule has 0 saturated carbocycles.